The molecule has 0 saturated carbocycles. The number of benzene rings is 1. The molecule has 1 amide bonds. The lowest BCUT2D eigenvalue weighted by atomic mass is 10.2. The maximum Gasteiger partial charge on any atom is 0.269 e. The van der Waals surface area contributed by atoms with Crippen LogP contribution in [0.5, 0.6) is 0 Å². The van der Waals surface area contributed by atoms with E-state index < -0.39 is 20.8 Å². The molecule has 1 atom stereocenters. The highest BCUT2D eigenvalue weighted by molar-refractivity contribution is 7.80. The number of anilines is 1. The molecule has 26 heavy (non-hydrogen) atoms. The van der Waals surface area contributed by atoms with E-state index in [0.717, 1.165) is 0 Å². The van der Waals surface area contributed by atoms with E-state index in [9.17, 15) is 14.9 Å². The van der Waals surface area contributed by atoms with Gasteiger partial charge in [0.15, 0.2) is 5.11 Å². The topological polar surface area (TPSA) is 138 Å². The van der Waals surface area contributed by atoms with Gasteiger partial charge in [-0.15, -0.1) is 0 Å². The van der Waals surface area contributed by atoms with Gasteiger partial charge >= 0.3 is 0 Å². The average Bonchev–Trinajstić information content (AvgIpc) is 3.06. The zero-order valence-corrected chi connectivity index (χ0v) is 15.7. The van der Waals surface area contributed by atoms with E-state index >= 15 is 0 Å². The minimum atomic E-state index is -1.95. The first-order valence-corrected chi connectivity index (χ1v) is 8.26. The van der Waals surface area contributed by atoms with Crippen LogP contribution >= 0.6 is 47.0 Å². The lowest BCUT2D eigenvalue weighted by molar-refractivity contribution is -0.384. The first-order valence-electron chi connectivity index (χ1n) is 6.71. The molecule has 0 saturated heterocycles. The van der Waals surface area contributed by atoms with E-state index in [1.807, 2.05) is 0 Å². The fourth-order valence-electron chi connectivity index (χ4n) is 1.69. The number of alkyl halides is 3. The summed E-state index contributed by atoms with van der Waals surface area (Å²) in [6, 6.07) is 4.91. The largest absolute Gasteiger partial charge is 0.339 e. The number of hydrogen-bond acceptors (Lipinski definition) is 6. The molecule has 0 aliphatic rings. The third-order valence-corrected chi connectivity index (χ3v) is 3.74. The van der Waals surface area contributed by atoms with Gasteiger partial charge in [-0.1, -0.05) is 34.8 Å². The van der Waals surface area contributed by atoms with Crippen molar-refractivity contribution < 1.29 is 9.72 Å². The van der Waals surface area contributed by atoms with Crippen LogP contribution in [-0.2, 0) is 0 Å². The summed E-state index contributed by atoms with van der Waals surface area (Å²) in [6.45, 7) is 0. The fourth-order valence-corrected chi connectivity index (χ4v) is 2.23. The van der Waals surface area contributed by atoms with Crippen molar-refractivity contribution in [3.8, 4) is 0 Å². The molecule has 0 aliphatic carbocycles. The van der Waals surface area contributed by atoms with Crippen LogP contribution in [0.15, 0.2) is 30.6 Å². The van der Waals surface area contributed by atoms with Crippen LogP contribution in [0, 0.1) is 10.1 Å². The Morgan fingerprint density at radius 2 is 1.92 bits per heavy atom. The lowest BCUT2D eigenvalue weighted by Gasteiger charge is -2.27. The summed E-state index contributed by atoms with van der Waals surface area (Å²) >= 11 is 22.6. The van der Waals surface area contributed by atoms with Crippen LogP contribution in [-0.4, -0.2) is 41.1 Å². The number of aromatic nitrogens is 3. The molecule has 0 bridgehead atoms. The van der Waals surface area contributed by atoms with E-state index in [1.165, 1.54) is 30.6 Å². The summed E-state index contributed by atoms with van der Waals surface area (Å²) in [4.78, 5) is 26.2. The highest BCUT2D eigenvalue weighted by Gasteiger charge is 2.35. The predicted molar refractivity (Wildman–Crippen MR) is 100 cm³/mol. The average molecular weight is 439 g/mol. The van der Waals surface area contributed by atoms with E-state index in [2.05, 4.69) is 31.1 Å². The molecule has 0 unspecified atom stereocenters. The Bertz CT molecular complexity index is 795. The summed E-state index contributed by atoms with van der Waals surface area (Å²) in [7, 11) is 0. The fraction of sp³-hybridized carbons (Fsp3) is 0.167. The molecule has 1 heterocycles. The Balaban J connectivity index is 2.05. The van der Waals surface area contributed by atoms with Gasteiger partial charge < -0.3 is 16.0 Å². The van der Waals surface area contributed by atoms with E-state index in [-0.39, 0.29) is 22.3 Å². The minimum absolute atomic E-state index is 0.00192. The quantitative estimate of drug-likeness (QED) is 0.183. The number of halogens is 3. The highest BCUT2D eigenvalue weighted by Crippen LogP contribution is 2.29. The zero-order valence-electron chi connectivity index (χ0n) is 12.6. The van der Waals surface area contributed by atoms with Gasteiger partial charge in [-0.05, 0) is 24.4 Å². The van der Waals surface area contributed by atoms with Crippen LogP contribution in [0.2, 0.25) is 0 Å². The van der Waals surface area contributed by atoms with Crippen molar-refractivity contribution in [1.82, 2.24) is 25.8 Å². The van der Waals surface area contributed by atoms with Gasteiger partial charge in [0.05, 0.1) is 4.92 Å². The third-order valence-electron chi connectivity index (χ3n) is 2.87. The Morgan fingerprint density at radius 3 is 2.42 bits per heavy atom. The first-order chi connectivity index (χ1) is 12.2. The second-order valence-corrected chi connectivity index (χ2v) is 7.46. The Morgan fingerprint density at radius 1 is 1.27 bits per heavy atom. The van der Waals surface area contributed by atoms with Gasteiger partial charge in [0.2, 0.25) is 9.74 Å². The van der Waals surface area contributed by atoms with Crippen molar-refractivity contribution in [3.63, 3.8) is 0 Å². The maximum absolute atomic E-state index is 12.3. The van der Waals surface area contributed by atoms with Crippen LogP contribution in [0.4, 0.5) is 11.6 Å². The van der Waals surface area contributed by atoms with Gasteiger partial charge in [0.1, 0.15) is 12.5 Å². The van der Waals surface area contributed by atoms with Gasteiger partial charge in [-0.25, -0.2) is 5.10 Å². The van der Waals surface area contributed by atoms with Crippen molar-refractivity contribution in [2.45, 2.75) is 9.96 Å². The molecule has 138 valence electrons. The molecule has 4 N–H and O–H groups in total. The summed E-state index contributed by atoms with van der Waals surface area (Å²) in [5.74, 6) is -0.390. The Hall–Kier alpha value is -2.21. The SMILES string of the molecule is O=C(N[C@H](NC(=S)Nc1ncn[nH]1)C(Cl)(Cl)Cl)c1ccc([N+](=O)[O-])cc1. The predicted octanol–water partition coefficient (Wildman–Crippen LogP) is 2.13. The van der Waals surface area contributed by atoms with Gasteiger partial charge in [0.25, 0.3) is 11.6 Å². The molecule has 2 aromatic rings. The molecule has 1 aromatic heterocycles. The number of carbonyl (C=O) groups is 1. The van der Waals surface area contributed by atoms with Gasteiger partial charge in [-0.2, -0.15) is 10.1 Å². The summed E-state index contributed by atoms with van der Waals surface area (Å²) in [6.07, 6.45) is 0.0476. The molecule has 0 aliphatic heterocycles. The van der Waals surface area contributed by atoms with Crippen LogP contribution in [0.3, 0.4) is 0 Å². The molecule has 0 fully saturated rings. The van der Waals surface area contributed by atoms with Crippen LogP contribution in [0.25, 0.3) is 0 Å². The number of non-ortho nitro benzene ring substituents is 1. The molecule has 10 nitrogen and oxygen atoms in total. The number of rotatable bonds is 5. The van der Waals surface area contributed by atoms with Crippen molar-refractivity contribution in [2.75, 3.05) is 5.32 Å². The molecule has 2 rings (SSSR count). The highest BCUT2D eigenvalue weighted by atomic mass is 35.6. The van der Waals surface area contributed by atoms with E-state index in [0.29, 0.717) is 0 Å². The zero-order chi connectivity index (χ0) is 19.3. The number of nitro benzene ring substituents is 1. The maximum atomic E-state index is 12.3. The smallest absolute Gasteiger partial charge is 0.269 e. The summed E-state index contributed by atoms with van der Waals surface area (Å²) < 4.78 is -1.95. The van der Waals surface area contributed by atoms with Crippen molar-refractivity contribution in [1.29, 1.82) is 0 Å². The van der Waals surface area contributed by atoms with Crippen molar-refractivity contribution >= 4 is 69.7 Å². The number of amides is 1. The molecular weight excluding hydrogens is 429 g/mol. The lowest BCUT2D eigenvalue weighted by Crippen LogP contribution is -2.56. The number of carbonyl (C=O) groups excluding carboxylic acids is 1. The number of nitrogens with one attached hydrogen (secondary N) is 4. The Labute approximate surface area is 166 Å². The Kier molecular flexibility index (Phi) is 6.53. The van der Waals surface area contributed by atoms with Gasteiger partial charge in [0, 0.05) is 17.7 Å². The monoisotopic (exact) mass is 437 g/mol. The second-order valence-electron chi connectivity index (χ2n) is 4.68. The van der Waals surface area contributed by atoms with E-state index in [4.69, 9.17) is 47.0 Å². The molecule has 0 radical (unpaired) electrons. The van der Waals surface area contributed by atoms with E-state index in [1.54, 1.807) is 0 Å². The molecule has 0 spiro atoms. The summed E-state index contributed by atoms with van der Waals surface area (Å²) in [5, 5.41) is 24.5. The molecular formula is C12H10Cl3N7O3S. The van der Waals surface area contributed by atoms with Crippen molar-refractivity contribution in [2.24, 2.45) is 0 Å². The third kappa shape index (κ3) is 5.66. The minimum Gasteiger partial charge on any atom is -0.339 e. The number of nitrogens with zero attached hydrogens (tertiary/aromatic N) is 3. The number of nitro groups is 1. The number of H-pyrrole nitrogens is 1. The van der Waals surface area contributed by atoms with Gasteiger partial charge in [-0.3, -0.25) is 14.9 Å². The van der Waals surface area contributed by atoms with Crippen LogP contribution in [0.1, 0.15) is 10.4 Å². The molecule has 1 aromatic carbocycles. The second kappa shape index (κ2) is 8.45. The summed E-state index contributed by atoms with van der Waals surface area (Å²) in [5.41, 5.74) is -0.0270. The standard InChI is InChI=1S/C12H10Cl3N7O3S/c13-12(14,15)9(19-11(26)20-10-16-5-17-21-10)18-8(23)6-1-3-7(4-2-6)22(24)25/h1-5,9H,(H,18,23)(H3,16,17,19,20,21,26)/t9-/m1/s1. The normalized spacial score (nSPS) is 12.1. The number of hydrogen-bond donors (Lipinski definition) is 4. The molecule has 14 heteroatoms. The number of aromatic amines is 1. The van der Waals surface area contributed by atoms with Crippen molar-refractivity contribution in [3.05, 3.63) is 46.3 Å². The first kappa shape index (κ1) is 20.1. The van der Waals surface area contributed by atoms with Crippen LogP contribution < -0.4 is 16.0 Å². The number of thiocarbonyl (C=S) groups is 1.